The van der Waals surface area contributed by atoms with Gasteiger partial charge in [0.1, 0.15) is 5.75 Å². The fourth-order valence-electron chi connectivity index (χ4n) is 0.685. The Bertz CT molecular complexity index is 275. The molecule has 0 bridgehead atoms. The Morgan fingerprint density at radius 1 is 1.45 bits per heavy atom. The molecule has 1 rings (SSSR count). The quantitative estimate of drug-likeness (QED) is 0.369. The van der Waals surface area contributed by atoms with Gasteiger partial charge in [-0.3, -0.25) is 5.32 Å². The van der Waals surface area contributed by atoms with E-state index in [0.717, 1.165) is 0 Å². The lowest BCUT2D eigenvalue weighted by atomic mass is 10.3. The molecule has 58 valence electrons. The predicted molar refractivity (Wildman–Crippen MR) is 38.2 cm³/mol. The van der Waals surface area contributed by atoms with E-state index in [9.17, 15) is 9.18 Å². The van der Waals surface area contributed by atoms with Crippen LogP contribution in [0.3, 0.4) is 0 Å². The maximum Gasteiger partial charge on any atom is 0.401 e. The molecule has 0 aliphatic heterocycles. The first-order valence-electron chi connectivity index (χ1n) is 2.94. The van der Waals surface area contributed by atoms with Crippen LogP contribution in [0.25, 0.3) is 0 Å². The lowest BCUT2D eigenvalue weighted by molar-refractivity contribution is 0.234. The van der Waals surface area contributed by atoms with E-state index in [-0.39, 0.29) is 11.4 Å². The number of para-hydroxylation sites is 2. The standard InChI is InChI=1S/C7H6FNO2/c8-7(11)9-5-3-1-2-4-6(5)10/h1-4,10H,(H,9,11). The first-order chi connectivity index (χ1) is 5.20. The molecule has 0 aromatic heterocycles. The summed E-state index contributed by atoms with van der Waals surface area (Å²) in [6.45, 7) is 0. The van der Waals surface area contributed by atoms with Crippen molar-refractivity contribution >= 4 is 11.8 Å². The number of nitrogens with one attached hydrogen (secondary N) is 1. The van der Waals surface area contributed by atoms with Crippen molar-refractivity contribution in [3.05, 3.63) is 24.3 Å². The number of phenolic OH excluding ortho intramolecular Hbond substituents is 1. The SMILES string of the molecule is O=C(F)Nc1ccccc1O. The third-order valence-electron chi connectivity index (χ3n) is 1.14. The van der Waals surface area contributed by atoms with Crippen molar-refractivity contribution in [2.75, 3.05) is 5.32 Å². The molecule has 1 aromatic rings. The van der Waals surface area contributed by atoms with Gasteiger partial charge in [-0.25, -0.2) is 4.79 Å². The maximum absolute atomic E-state index is 11.7. The zero-order valence-electron chi connectivity index (χ0n) is 5.54. The number of carbonyl (C=O) groups excluding carboxylic acids is 1. The van der Waals surface area contributed by atoms with Gasteiger partial charge >= 0.3 is 6.16 Å². The van der Waals surface area contributed by atoms with Gasteiger partial charge in [-0.1, -0.05) is 12.1 Å². The van der Waals surface area contributed by atoms with Gasteiger partial charge in [0.15, 0.2) is 0 Å². The molecule has 0 saturated carbocycles. The van der Waals surface area contributed by atoms with Crippen molar-refractivity contribution in [2.24, 2.45) is 0 Å². The molecule has 2 N–H and O–H groups in total. The minimum atomic E-state index is -1.69. The number of anilines is 1. The van der Waals surface area contributed by atoms with Crippen molar-refractivity contribution in [1.29, 1.82) is 0 Å². The van der Waals surface area contributed by atoms with Gasteiger partial charge in [-0.15, -0.1) is 4.39 Å². The molecule has 0 saturated heterocycles. The van der Waals surface area contributed by atoms with Crippen molar-refractivity contribution < 1.29 is 14.3 Å². The number of halogens is 1. The van der Waals surface area contributed by atoms with Crippen molar-refractivity contribution in [2.45, 2.75) is 0 Å². The van der Waals surface area contributed by atoms with Crippen LogP contribution in [-0.4, -0.2) is 11.3 Å². The molecule has 0 spiro atoms. The molecular formula is C7H6FNO2. The van der Waals surface area contributed by atoms with E-state index in [1.165, 1.54) is 12.1 Å². The van der Waals surface area contributed by atoms with E-state index in [1.54, 1.807) is 12.1 Å². The van der Waals surface area contributed by atoms with Crippen molar-refractivity contribution in [1.82, 2.24) is 0 Å². The van der Waals surface area contributed by atoms with Crippen LogP contribution >= 0.6 is 0 Å². The van der Waals surface area contributed by atoms with Gasteiger partial charge in [0.05, 0.1) is 5.69 Å². The molecule has 0 fully saturated rings. The summed E-state index contributed by atoms with van der Waals surface area (Å²) in [5, 5.41) is 10.8. The van der Waals surface area contributed by atoms with Crippen molar-refractivity contribution in [3.8, 4) is 5.75 Å². The van der Waals surface area contributed by atoms with Crippen molar-refractivity contribution in [3.63, 3.8) is 0 Å². The first kappa shape index (κ1) is 7.53. The number of aromatic hydroxyl groups is 1. The highest BCUT2D eigenvalue weighted by Gasteiger charge is 2.01. The molecule has 0 aliphatic carbocycles. The summed E-state index contributed by atoms with van der Waals surface area (Å²) >= 11 is 0. The van der Waals surface area contributed by atoms with E-state index in [1.807, 2.05) is 5.32 Å². The van der Waals surface area contributed by atoms with Crippen LogP contribution in [0, 0.1) is 0 Å². The summed E-state index contributed by atoms with van der Waals surface area (Å²) in [5.41, 5.74) is 0.0694. The molecule has 0 aliphatic rings. The number of benzene rings is 1. The van der Waals surface area contributed by atoms with Gasteiger partial charge in [0.25, 0.3) is 0 Å². The highest BCUT2D eigenvalue weighted by atomic mass is 19.1. The second-order valence-electron chi connectivity index (χ2n) is 1.92. The Labute approximate surface area is 62.5 Å². The lowest BCUT2D eigenvalue weighted by Gasteiger charge is -2.00. The fourth-order valence-corrected chi connectivity index (χ4v) is 0.685. The Morgan fingerprint density at radius 3 is 2.64 bits per heavy atom. The maximum atomic E-state index is 11.7. The summed E-state index contributed by atoms with van der Waals surface area (Å²) in [7, 11) is 0. The topological polar surface area (TPSA) is 49.3 Å². The molecule has 4 heteroatoms. The van der Waals surface area contributed by atoms with E-state index >= 15 is 0 Å². The van der Waals surface area contributed by atoms with E-state index in [2.05, 4.69) is 0 Å². The van der Waals surface area contributed by atoms with Gasteiger partial charge in [-0.05, 0) is 12.1 Å². The Morgan fingerprint density at radius 2 is 2.09 bits per heavy atom. The van der Waals surface area contributed by atoms with Gasteiger partial charge in [0, 0.05) is 0 Å². The summed E-state index contributed by atoms with van der Waals surface area (Å²) in [5.74, 6) is -0.154. The molecule has 0 unspecified atom stereocenters. The number of amides is 1. The first-order valence-corrected chi connectivity index (χ1v) is 2.94. The van der Waals surface area contributed by atoms with Gasteiger partial charge in [0.2, 0.25) is 0 Å². The molecule has 3 nitrogen and oxygen atoms in total. The Balaban J connectivity index is 2.86. The average Bonchev–Trinajstić information content (AvgIpc) is 1.93. The normalized spacial score (nSPS) is 9.18. The molecular weight excluding hydrogens is 149 g/mol. The van der Waals surface area contributed by atoms with Crippen LogP contribution in [0.15, 0.2) is 24.3 Å². The highest BCUT2D eigenvalue weighted by molar-refractivity contribution is 5.85. The Kier molecular flexibility index (Phi) is 2.06. The number of hydrogen-bond donors (Lipinski definition) is 2. The predicted octanol–water partition coefficient (Wildman–Crippen LogP) is 1.89. The minimum Gasteiger partial charge on any atom is -0.506 e. The zero-order chi connectivity index (χ0) is 8.27. The average molecular weight is 155 g/mol. The monoisotopic (exact) mass is 155 g/mol. The molecule has 0 atom stereocenters. The highest BCUT2D eigenvalue weighted by Crippen LogP contribution is 2.21. The Hall–Kier alpha value is -1.58. The van der Waals surface area contributed by atoms with Crippen LogP contribution in [0.1, 0.15) is 0 Å². The summed E-state index contributed by atoms with van der Waals surface area (Å²) < 4.78 is 11.7. The third-order valence-corrected chi connectivity index (χ3v) is 1.14. The summed E-state index contributed by atoms with van der Waals surface area (Å²) in [6, 6.07) is 5.90. The smallest absolute Gasteiger partial charge is 0.401 e. The molecule has 0 radical (unpaired) electrons. The largest absolute Gasteiger partial charge is 0.506 e. The fraction of sp³-hybridized carbons (Fsp3) is 0. The third kappa shape index (κ3) is 1.93. The lowest BCUT2D eigenvalue weighted by Crippen LogP contribution is -2.01. The number of hydrogen-bond acceptors (Lipinski definition) is 2. The van der Waals surface area contributed by atoms with Gasteiger partial charge in [-0.2, -0.15) is 0 Å². The van der Waals surface area contributed by atoms with E-state index in [4.69, 9.17) is 5.11 Å². The molecule has 11 heavy (non-hydrogen) atoms. The number of rotatable bonds is 1. The zero-order valence-corrected chi connectivity index (χ0v) is 5.54. The molecule has 0 heterocycles. The van der Waals surface area contributed by atoms with E-state index < -0.39 is 6.16 Å². The van der Waals surface area contributed by atoms with Gasteiger partial charge < -0.3 is 5.11 Å². The van der Waals surface area contributed by atoms with Crippen LogP contribution in [-0.2, 0) is 0 Å². The van der Waals surface area contributed by atoms with E-state index in [0.29, 0.717) is 0 Å². The van der Waals surface area contributed by atoms with Crippen LogP contribution in [0.5, 0.6) is 5.75 Å². The molecule has 1 amide bonds. The molecule has 1 aromatic carbocycles. The minimum absolute atomic E-state index is 0.0694. The number of carbonyl (C=O) groups is 1. The van der Waals surface area contributed by atoms with Crippen LogP contribution in [0.2, 0.25) is 0 Å². The second-order valence-corrected chi connectivity index (χ2v) is 1.92. The number of phenols is 1. The summed E-state index contributed by atoms with van der Waals surface area (Å²) in [4.78, 5) is 9.88. The summed E-state index contributed by atoms with van der Waals surface area (Å²) in [6.07, 6.45) is -1.69. The second kappa shape index (κ2) is 3.01. The van der Waals surface area contributed by atoms with Crippen LogP contribution in [0.4, 0.5) is 14.9 Å². The van der Waals surface area contributed by atoms with Crippen LogP contribution < -0.4 is 5.32 Å².